The van der Waals surface area contributed by atoms with Crippen LogP contribution in [0.15, 0.2) is 18.2 Å². The molecule has 2 saturated heterocycles. The van der Waals surface area contributed by atoms with Crippen molar-refractivity contribution in [2.75, 3.05) is 26.4 Å². The maximum Gasteiger partial charge on any atom is 0.164 e. The molecule has 152 valence electrons. The maximum absolute atomic E-state index is 13.5. The molecule has 0 aliphatic carbocycles. The lowest BCUT2D eigenvalue weighted by molar-refractivity contribution is -0.281. The van der Waals surface area contributed by atoms with E-state index < -0.39 is 0 Å². The SMILES string of the molecule is CCCCC[C@H]1CO[C@H]([C@H]2CO[C@H](CCc3ccc(Cl)c(F)c3)OC2)OC1. The van der Waals surface area contributed by atoms with Crippen LogP contribution in [0, 0.1) is 17.7 Å². The minimum absolute atomic E-state index is 0.103. The summed E-state index contributed by atoms with van der Waals surface area (Å²) >= 11 is 5.71. The zero-order valence-corrected chi connectivity index (χ0v) is 16.8. The molecule has 6 heteroatoms. The van der Waals surface area contributed by atoms with Gasteiger partial charge in [0.15, 0.2) is 12.6 Å². The van der Waals surface area contributed by atoms with Crippen LogP contribution in [0.4, 0.5) is 4.39 Å². The first-order chi connectivity index (χ1) is 13.2. The third-order valence-corrected chi connectivity index (χ3v) is 5.54. The monoisotopic (exact) mass is 400 g/mol. The second-order valence-electron chi connectivity index (χ2n) is 7.54. The van der Waals surface area contributed by atoms with Crippen molar-refractivity contribution in [3.05, 3.63) is 34.6 Å². The molecule has 0 unspecified atom stereocenters. The molecular weight excluding hydrogens is 371 g/mol. The molecule has 2 fully saturated rings. The van der Waals surface area contributed by atoms with Gasteiger partial charge in [-0.25, -0.2) is 4.39 Å². The van der Waals surface area contributed by atoms with Crippen molar-refractivity contribution in [2.24, 2.45) is 11.8 Å². The summed E-state index contributed by atoms with van der Waals surface area (Å²) in [5, 5.41) is 0.145. The Balaban J connectivity index is 1.34. The third-order valence-electron chi connectivity index (χ3n) is 5.24. The van der Waals surface area contributed by atoms with Crippen molar-refractivity contribution in [1.82, 2.24) is 0 Å². The molecule has 0 bridgehead atoms. The van der Waals surface area contributed by atoms with E-state index in [0.29, 0.717) is 32.0 Å². The second kappa shape index (κ2) is 10.7. The first kappa shape index (κ1) is 21.0. The second-order valence-corrected chi connectivity index (χ2v) is 7.95. The van der Waals surface area contributed by atoms with Gasteiger partial charge in [-0.2, -0.15) is 0 Å². The topological polar surface area (TPSA) is 36.9 Å². The van der Waals surface area contributed by atoms with E-state index in [1.54, 1.807) is 6.07 Å². The molecule has 0 saturated carbocycles. The van der Waals surface area contributed by atoms with Gasteiger partial charge in [0.2, 0.25) is 0 Å². The Kier molecular flexibility index (Phi) is 8.34. The van der Waals surface area contributed by atoms with Gasteiger partial charge in [0.1, 0.15) is 5.82 Å². The molecule has 2 heterocycles. The lowest BCUT2D eigenvalue weighted by Crippen LogP contribution is -2.44. The molecule has 0 atom stereocenters. The average Bonchev–Trinajstić information content (AvgIpc) is 2.70. The van der Waals surface area contributed by atoms with Gasteiger partial charge in [0.25, 0.3) is 0 Å². The molecule has 2 aliphatic heterocycles. The van der Waals surface area contributed by atoms with Gasteiger partial charge in [0.05, 0.1) is 37.4 Å². The van der Waals surface area contributed by atoms with Crippen LogP contribution >= 0.6 is 11.6 Å². The molecule has 1 aromatic carbocycles. The summed E-state index contributed by atoms with van der Waals surface area (Å²) in [6.45, 7) is 4.86. The lowest BCUT2D eigenvalue weighted by atomic mass is 10.0. The fraction of sp³-hybridized carbons (Fsp3) is 0.714. The van der Waals surface area contributed by atoms with Gasteiger partial charge >= 0.3 is 0 Å². The van der Waals surface area contributed by atoms with Crippen molar-refractivity contribution >= 4 is 11.6 Å². The summed E-state index contributed by atoms with van der Waals surface area (Å²) in [6, 6.07) is 4.88. The number of unbranched alkanes of at least 4 members (excludes halogenated alkanes) is 2. The molecule has 0 N–H and O–H groups in total. The van der Waals surface area contributed by atoms with Crippen LogP contribution in [0.5, 0.6) is 0 Å². The number of ether oxygens (including phenoxy) is 4. The summed E-state index contributed by atoms with van der Waals surface area (Å²) in [7, 11) is 0. The predicted octanol–water partition coefficient (Wildman–Crippen LogP) is 4.97. The highest BCUT2D eigenvalue weighted by molar-refractivity contribution is 6.30. The Labute approximate surface area is 166 Å². The van der Waals surface area contributed by atoms with Crippen LogP contribution in [0.2, 0.25) is 5.02 Å². The summed E-state index contributed by atoms with van der Waals surface area (Å²) in [6.07, 6.45) is 5.78. The Hall–Kier alpha value is -0.720. The number of halogens is 2. The van der Waals surface area contributed by atoms with E-state index >= 15 is 0 Å². The van der Waals surface area contributed by atoms with Crippen LogP contribution in [0.1, 0.15) is 44.6 Å². The standard InChI is InChI=1S/C21H30ClFO4/c1-2-3-4-5-16-11-26-21(27-12-16)17-13-24-20(25-14-17)9-7-15-6-8-18(22)19(23)10-15/h6,8,10,16-17,20-21H,2-5,7,9,11-14H2,1H3/t16-,17-,20-,21-. The number of rotatable bonds is 8. The zero-order valence-electron chi connectivity index (χ0n) is 16.0. The summed E-state index contributed by atoms with van der Waals surface area (Å²) < 4.78 is 37.0. The summed E-state index contributed by atoms with van der Waals surface area (Å²) in [5.41, 5.74) is 0.888. The van der Waals surface area contributed by atoms with Gasteiger partial charge in [-0.3, -0.25) is 0 Å². The van der Waals surface area contributed by atoms with Crippen molar-refractivity contribution in [1.29, 1.82) is 0 Å². The Bertz CT molecular complexity index is 569. The minimum atomic E-state index is -0.390. The van der Waals surface area contributed by atoms with Gasteiger partial charge in [0, 0.05) is 12.3 Å². The molecule has 0 radical (unpaired) electrons. The molecule has 0 spiro atoms. The number of aryl methyl sites for hydroxylation is 1. The highest BCUT2D eigenvalue weighted by Gasteiger charge is 2.33. The molecule has 2 aliphatic rings. The zero-order chi connectivity index (χ0) is 19.1. The highest BCUT2D eigenvalue weighted by atomic mass is 35.5. The molecule has 4 nitrogen and oxygen atoms in total. The van der Waals surface area contributed by atoms with Crippen LogP contribution in [-0.2, 0) is 25.4 Å². The van der Waals surface area contributed by atoms with E-state index in [0.717, 1.165) is 18.8 Å². The molecule has 0 amide bonds. The molecular formula is C21H30ClFO4. The largest absolute Gasteiger partial charge is 0.352 e. The first-order valence-corrected chi connectivity index (χ1v) is 10.4. The van der Waals surface area contributed by atoms with Gasteiger partial charge in [-0.1, -0.05) is 43.9 Å². The number of benzene rings is 1. The molecule has 3 rings (SSSR count). The van der Waals surface area contributed by atoms with Crippen LogP contribution in [-0.4, -0.2) is 39.0 Å². The normalized spacial score (nSPS) is 29.0. The Morgan fingerprint density at radius 3 is 2.41 bits per heavy atom. The quantitative estimate of drug-likeness (QED) is 0.577. The fourth-order valence-corrected chi connectivity index (χ4v) is 3.66. The predicted molar refractivity (Wildman–Crippen MR) is 102 cm³/mol. The Morgan fingerprint density at radius 2 is 1.74 bits per heavy atom. The van der Waals surface area contributed by atoms with Crippen LogP contribution < -0.4 is 0 Å². The van der Waals surface area contributed by atoms with E-state index in [1.807, 2.05) is 6.07 Å². The van der Waals surface area contributed by atoms with Crippen molar-refractivity contribution in [3.8, 4) is 0 Å². The summed E-state index contributed by atoms with van der Waals surface area (Å²) in [4.78, 5) is 0. The van der Waals surface area contributed by atoms with Crippen molar-refractivity contribution < 1.29 is 23.3 Å². The number of hydrogen-bond donors (Lipinski definition) is 0. The Morgan fingerprint density at radius 1 is 1.00 bits per heavy atom. The molecule has 1 aromatic rings. The smallest absolute Gasteiger partial charge is 0.164 e. The van der Waals surface area contributed by atoms with E-state index in [9.17, 15) is 4.39 Å². The van der Waals surface area contributed by atoms with E-state index in [2.05, 4.69) is 6.92 Å². The van der Waals surface area contributed by atoms with Gasteiger partial charge in [-0.05, 0) is 30.5 Å². The lowest BCUT2D eigenvalue weighted by Gasteiger charge is -2.37. The molecule has 0 aromatic heterocycles. The average molecular weight is 401 g/mol. The molecule has 27 heavy (non-hydrogen) atoms. The van der Waals surface area contributed by atoms with E-state index in [4.69, 9.17) is 30.5 Å². The van der Waals surface area contributed by atoms with E-state index in [-0.39, 0.29) is 29.3 Å². The highest BCUT2D eigenvalue weighted by Crippen LogP contribution is 2.26. The van der Waals surface area contributed by atoms with E-state index in [1.165, 1.54) is 31.7 Å². The van der Waals surface area contributed by atoms with Crippen LogP contribution in [0.3, 0.4) is 0 Å². The first-order valence-electron chi connectivity index (χ1n) is 10.1. The van der Waals surface area contributed by atoms with Gasteiger partial charge < -0.3 is 18.9 Å². The van der Waals surface area contributed by atoms with Crippen LogP contribution in [0.25, 0.3) is 0 Å². The third kappa shape index (κ3) is 6.40. The van der Waals surface area contributed by atoms with Crippen molar-refractivity contribution in [2.45, 2.75) is 58.0 Å². The maximum atomic E-state index is 13.5. The minimum Gasteiger partial charge on any atom is -0.352 e. The van der Waals surface area contributed by atoms with Gasteiger partial charge in [-0.15, -0.1) is 0 Å². The fourth-order valence-electron chi connectivity index (χ4n) is 3.54. The number of hydrogen-bond acceptors (Lipinski definition) is 4. The summed E-state index contributed by atoms with van der Waals surface area (Å²) in [5.74, 6) is 0.218. The van der Waals surface area contributed by atoms with Crippen molar-refractivity contribution in [3.63, 3.8) is 0 Å².